The number of thiazole rings is 1. The molecule has 0 saturated carbocycles. The van der Waals surface area contributed by atoms with Crippen LogP contribution in [0.4, 0.5) is 0 Å². The monoisotopic (exact) mass is 424 g/mol. The number of pyridine rings is 1. The molecule has 0 bridgehead atoms. The molecule has 0 aliphatic carbocycles. The standard InChI is InChI=1S/C21H20N4O4S/c1-13(14-4-6-17-18(10-14)30-21(27)24(17)12-28-2)16-8-9-25(23-16)19-7-5-15(11-22-19)20(26)29-3/h4-11,13H,12H2,1-3H3. The number of ether oxygens (including phenoxy) is 2. The summed E-state index contributed by atoms with van der Waals surface area (Å²) in [6.45, 7) is 2.30. The van der Waals surface area contributed by atoms with Crippen LogP contribution in [-0.4, -0.2) is 39.5 Å². The Kier molecular flexibility index (Phi) is 5.47. The highest BCUT2D eigenvalue weighted by molar-refractivity contribution is 7.16. The van der Waals surface area contributed by atoms with Gasteiger partial charge in [0.25, 0.3) is 0 Å². The molecule has 8 nitrogen and oxygen atoms in total. The predicted octanol–water partition coefficient (Wildman–Crippen LogP) is 3.19. The molecule has 1 atom stereocenters. The molecule has 0 spiro atoms. The van der Waals surface area contributed by atoms with Gasteiger partial charge in [0, 0.05) is 25.4 Å². The number of aromatic nitrogens is 4. The second kappa shape index (κ2) is 8.21. The van der Waals surface area contributed by atoms with Gasteiger partial charge in [0.2, 0.25) is 0 Å². The number of esters is 1. The summed E-state index contributed by atoms with van der Waals surface area (Å²) < 4.78 is 14.0. The van der Waals surface area contributed by atoms with Crippen LogP contribution in [0.15, 0.2) is 53.6 Å². The second-order valence-electron chi connectivity index (χ2n) is 6.74. The van der Waals surface area contributed by atoms with Crippen molar-refractivity contribution in [1.82, 2.24) is 19.3 Å². The molecule has 3 heterocycles. The van der Waals surface area contributed by atoms with Crippen molar-refractivity contribution in [2.45, 2.75) is 19.6 Å². The molecule has 3 aromatic heterocycles. The van der Waals surface area contributed by atoms with Crippen molar-refractivity contribution in [2.75, 3.05) is 14.2 Å². The molecule has 1 unspecified atom stereocenters. The number of carbonyl (C=O) groups is 1. The van der Waals surface area contributed by atoms with E-state index in [4.69, 9.17) is 9.47 Å². The van der Waals surface area contributed by atoms with Crippen LogP contribution in [0.2, 0.25) is 0 Å². The minimum absolute atomic E-state index is 0.0260. The first-order valence-electron chi connectivity index (χ1n) is 9.24. The van der Waals surface area contributed by atoms with Gasteiger partial charge in [-0.2, -0.15) is 5.10 Å². The van der Waals surface area contributed by atoms with E-state index < -0.39 is 5.97 Å². The number of carbonyl (C=O) groups excluding carboxylic acids is 1. The van der Waals surface area contributed by atoms with Gasteiger partial charge < -0.3 is 9.47 Å². The minimum Gasteiger partial charge on any atom is -0.465 e. The van der Waals surface area contributed by atoms with Crippen molar-refractivity contribution in [3.8, 4) is 5.82 Å². The van der Waals surface area contributed by atoms with Crippen LogP contribution in [0.1, 0.15) is 34.5 Å². The van der Waals surface area contributed by atoms with Crippen LogP contribution in [0.5, 0.6) is 0 Å². The second-order valence-corrected chi connectivity index (χ2v) is 7.74. The summed E-state index contributed by atoms with van der Waals surface area (Å²) in [6, 6.07) is 11.3. The third kappa shape index (κ3) is 3.64. The van der Waals surface area contributed by atoms with E-state index >= 15 is 0 Å². The Morgan fingerprint density at radius 1 is 1.20 bits per heavy atom. The lowest BCUT2D eigenvalue weighted by Gasteiger charge is -2.10. The fraction of sp³-hybridized carbons (Fsp3) is 0.238. The number of nitrogens with zero attached hydrogens (tertiary/aromatic N) is 4. The van der Waals surface area contributed by atoms with Crippen LogP contribution in [0.25, 0.3) is 16.0 Å². The first-order chi connectivity index (χ1) is 14.5. The number of rotatable bonds is 6. The molecule has 154 valence electrons. The molecule has 4 aromatic rings. The van der Waals surface area contributed by atoms with Crippen molar-refractivity contribution in [3.63, 3.8) is 0 Å². The van der Waals surface area contributed by atoms with Crippen LogP contribution in [0.3, 0.4) is 0 Å². The maximum Gasteiger partial charge on any atom is 0.339 e. The molecule has 0 fully saturated rings. The van der Waals surface area contributed by atoms with E-state index in [2.05, 4.69) is 17.0 Å². The Labute approximate surface area is 176 Å². The molecule has 0 N–H and O–H groups in total. The summed E-state index contributed by atoms with van der Waals surface area (Å²) in [6.07, 6.45) is 3.30. The maximum atomic E-state index is 12.2. The molecule has 0 radical (unpaired) electrons. The van der Waals surface area contributed by atoms with Gasteiger partial charge in [-0.1, -0.05) is 24.3 Å². The summed E-state index contributed by atoms with van der Waals surface area (Å²) in [5.74, 6) is 0.199. The van der Waals surface area contributed by atoms with E-state index in [-0.39, 0.29) is 17.5 Å². The number of methoxy groups -OCH3 is 2. The van der Waals surface area contributed by atoms with Crippen molar-refractivity contribution in [3.05, 3.63) is 75.3 Å². The highest BCUT2D eigenvalue weighted by atomic mass is 32.1. The van der Waals surface area contributed by atoms with E-state index in [0.29, 0.717) is 11.4 Å². The summed E-state index contributed by atoms with van der Waals surface area (Å²) >= 11 is 1.21. The summed E-state index contributed by atoms with van der Waals surface area (Å²) in [5.41, 5.74) is 3.18. The third-order valence-electron chi connectivity index (χ3n) is 4.91. The minimum atomic E-state index is -0.430. The number of benzene rings is 1. The summed E-state index contributed by atoms with van der Waals surface area (Å²) in [5, 5.41) is 4.64. The van der Waals surface area contributed by atoms with E-state index in [0.717, 1.165) is 21.5 Å². The molecular weight excluding hydrogens is 404 g/mol. The zero-order chi connectivity index (χ0) is 21.3. The molecule has 9 heteroatoms. The van der Waals surface area contributed by atoms with Crippen molar-refractivity contribution in [1.29, 1.82) is 0 Å². The topological polar surface area (TPSA) is 88.2 Å². The maximum absolute atomic E-state index is 12.2. The van der Waals surface area contributed by atoms with E-state index in [1.54, 1.807) is 28.5 Å². The predicted molar refractivity (Wildman–Crippen MR) is 113 cm³/mol. The SMILES string of the molecule is COCn1c(=O)sc2cc(C(C)c3ccn(-c4ccc(C(=O)OC)cn4)n3)ccc21. The molecule has 0 aliphatic heterocycles. The zero-order valence-corrected chi connectivity index (χ0v) is 17.5. The number of hydrogen-bond donors (Lipinski definition) is 0. The Hall–Kier alpha value is -3.30. The van der Waals surface area contributed by atoms with Gasteiger partial charge in [-0.05, 0) is 35.9 Å². The number of fused-ring (bicyclic) bond motifs is 1. The quantitative estimate of drug-likeness (QED) is 0.442. The smallest absolute Gasteiger partial charge is 0.339 e. The molecule has 1 aromatic carbocycles. The average Bonchev–Trinajstić information content (AvgIpc) is 3.38. The average molecular weight is 424 g/mol. The van der Waals surface area contributed by atoms with Crippen LogP contribution in [-0.2, 0) is 16.2 Å². The van der Waals surface area contributed by atoms with Gasteiger partial charge in [-0.3, -0.25) is 9.36 Å². The lowest BCUT2D eigenvalue weighted by molar-refractivity contribution is 0.0600. The fourth-order valence-corrected chi connectivity index (χ4v) is 4.16. The van der Waals surface area contributed by atoms with Crippen molar-refractivity contribution < 1.29 is 14.3 Å². The fourth-order valence-electron chi connectivity index (χ4n) is 3.23. The van der Waals surface area contributed by atoms with Gasteiger partial charge >= 0.3 is 10.8 Å². The summed E-state index contributed by atoms with van der Waals surface area (Å²) in [7, 11) is 2.90. The van der Waals surface area contributed by atoms with Gasteiger partial charge in [0.1, 0.15) is 6.73 Å². The highest BCUT2D eigenvalue weighted by Gasteiger charge is 2.15. The molecular formula is C21H20N4O4S. The zero-order valence-electron chi connectivity index (χ0n) is 16.7. The molecule has 0 aliphatic rings. The van der Waals surface area contributed by atoms with Crippen molar-refractivity contribution >= 4 is 27.5 Å². The van der Waals surface area contributed by atoms with E-state index in [1.165, 1.54) is 24.6 Å². The molecule has 0 saturated heterocycles. The Bertz CT molecular complexity index is 1260. The largest absolute Gasteiger partial charge is 0.465 e. The lowest BCUT2D eigenvalue weighted by atomic mass is 9.98. The molecule has 4 rings (SSSR count). The first kappa shape index (κ1) is 20.0. The highest BCUT2D eigenvalue weighted by Crippen LogP contribution is 2.27. The van der Waals surface area contributed by atoms with Gasteiger partial charge in [0.15, 0.2) is 5.82 Å². The van der Waals surface area contributed by atoms with Gasteiger partial charge in [-0.15, -0.1) is 0 Å². The molecule has 30 heavy (non-hydrogen) atoms. The Balaban J connectivity index is 1.60. The van der Waals surface area contributed by atoms with Crippen LogP contribution < -0.4 is 4.87 Å². The Morgan fingerprint density at radius 3 is 2.73 bits per heavy atom. The van der Waals surface area contributed by atoms with E-state index in [9.17, 15) is 9.59 Å². The number of hydrogen-bond acceptors (Lipinski definition) is 7. The van der Waals surface area contributed by atoms with Crippen molar-refractivity contribution in [2.24, 2.45) is 0 Å². The van der Waals surface area contributed by atoms with Gasteiger partial charge in [-0.25, -0.2) is 14.5 Å². The lowest BCUT2D eigenvalue weighted by Crippen LogP contribution is -2.13. The van der Waals surface area contributed by atoms with E-state index in [1.807, 2.05) is 30.5 Å². The third-order valence-corrected chi connectivity index (χ3v) is 5.85. The van der Waals surface area contributed by atoms with Crippen LogP contribution >= 0.6 is 11.3 Å². The van der Waals surface area contributed by atoms with Gasteiger partial charge in [0.05, 0.1) is 28.6 Å². The Morgan fingerprint density at radius 2 is 2.03 bits per heavy atom. The summed E-state index contributed by atoms with van der Waals surface area (Å²) in [4.78, 5) is 28.0. The first-order valence-corrected chi connectivity index (χ1v) is 10.1. The van der Waals surface area contributed by atoms with Crippen LogP contribution in [0, 0.1) is 0 Å². The molecule has 0 amide bonds. The normalized spacial score (nSPS) is 12.2.